The summed E-state index contributed by atoms with van der Waals surface area (Å²) in [6.07, 6.45) is 2.66. The van der Waals surface area contributed by atoms with Gasteiger partial charge < -0.3 is 24.4 Å². The minimum Gasteiger partial charge on any atom is -0.383 e. The molecule has 9 heteroatoms. The van der Waals surface area contributed by atoms with Crippen LogP contribution < -0.4 is 10.2 Å². The van der Waals surface area contributed by atoms with E-state index >= 15 is 0 Å². The van der Waals surface area contributed by atoms with Crippen LogP contribution in [0.3, 0.4) is 0 Å². The quantitative estimate of drug-likeness (QED) is 0.400. The van der Waals surface area contributed by atoms with Crippen molar-refractivity contribution < 1.29 is 4.74 Å². The van der Waals surface area contributed by atoms with Crippen LogP contribution in [0.15, 0.2) is 35.6 Å². The normalized spacial score (nSPS) is 15.1. The third kappa shape index (κ3) is 5.83. The Morgan fingerprint density at radius 3 is 2.76 bits per heavy atom. The fraction of sp³-hybridized carbons (Fsp3) is 0.550. The van der Waals surface area contributed by atoms with Crippen molar-refractivity contribution in [2.45, 2.75) is 19.9 Å². The summed E-state index contributed by atoms with van der Waals surface area (Å²) < 4.78 is 7.24. The van der Waals surface area contributed by atoms with E-state index in [1.807, 2.05) is 18.2 Å². The van der Waals surface area contributed by atoms with E-state index in [-0.39, 0.29) is 0 Å². The topological polar surface area (TPSA) is 70.8 Å². The molecule has 8 nitrogen and oxygen atoms in total. The summed E-state index contributed by atoms with van der Waals surface area (Å²) in [5, 5.41) is 12.4. The molecule has 3 rings (SSSR count). The van der Waals surface area contributed by atoms with Gasteiger partial charge in [0.1, 0.15) is 12.2 Å². The van der Waals surface area contributed by atoms with Crippen molar-refractivity contribution in [2.75, 3.05) is 57.9 Å². The molecule has 0 spiro atoms. The molecule has 0 amide bonds. The Morgan fingerprint density at radius 1 is 1.24 bits per heavy atom. The molecule has 0 aliphatic carbocycles. The summed E-state index contributed by atoms with van der Waals surface area (Å²) in [7, 11) is 1.70. The van der Waals surface area contributed by atoms with E-state index in [0.717, 1.165) is 68.2 Å². The fourth-order valence-electron chi connectivity index (χ4n) is 3.41. The number of anilines is 1. The zero-order chi connectivity index (χ0) is 20.5. The first-order chi connectivity index (χ1) is 14.2. The zero-order valence-corrected chi connectivity index (χ0v) is 18.0. The average Bonchev–Trinajstić information content (AvgIpc) is 3.21. The second kappa shape index (κ2) is 11.0. The van der Waals surface area contributed by atoms with Crippen molar-refractivity contribution in [3.8, 4) is 0 Å². The molecule has 1 aliphatic heterocycles. The van der Waals surface area contributed by atoms with Gasteiger partial charge in [0, 0.05) is 52.8 Å². The van der Waals surface area contributed by atoms with Gasteiger partial charge in [-0.2, -0.15) is 0 Å². The molecule has 0 bridgehead atoms. The lowest BCUT2D eigenvalue weighted by Gasteiger charge is -2.38. The number of aliphatic imine (C=N–C) groups is 1. The molecule has 1 N–H and O–H groups in total. The predicted molar refractivity (Wildman–Crippen MR) is 117 cm³/mol. The minimum absolute atomic E-state index is 0.607. The van der Waals surface area contributed by atoms with Crippen LogP contribution >= 0.6 is 11.6 Å². The van der Waals surface area contributed by atoms with Crippen LogP contribution in [0.25, 0.3) is 0 Å². The van der Waals surface area contributed by atoms with Crippen LogP contribution in [0.4, 0.5) is 5.69 Å². The minimum atomic E-state index is 0.607. The second-order valence-electron chi connectivity index (χ2n) is 6.84. The maximum absolute atomic E-state index is 6.37. The van der Waals surface area contributed by atoms with E-state index in [0.29, 0.717) is 13.2 Å². The van der Waals surface area contributed by atoms with Crippen LogP contribution in [0.5, 0.6) is 0 Å². The Bertz CT molecular complexity index is 787. The Hall–Kier alpha value is -2.32. The number of nitrogens with zero attached hydrogens (tertiary/aromatic N) is 6. The van der Waals surface area contributed by atoms with Crippen LogP contribution in [0.1, 0.15) is 12.7 Å². The van der Waals surface area contributed by atoms with E-state index in [1.165, 1.54) is 0 Å². The fourth-order valence-corrected chi connectivity index (χ4v) is 3.66. The molecular formula is C20H30ClN7O. The molecule has 1 aliphatic rings. The lowest BCUT2D eigenvalue weighted by atomic mass is 10.2. The summed E-state index contributed by atoms with van der Waals surface area (Å²) in [6, 6.07) is 8.01. The molecule has 1 fully saturated rings. The number of para-hydroxylation sites is 1. The second-order valence-corrected chi connectivity index (χ2v) is 7.25. The molecular weight excluding hydrogens is 390 g/mol. The third-order valence-corrected chi connectivity index (χ3v) is 5.30. The highest BCUT2D eigenvalue weighted by atomic mass is 35.5. The number of ether oxygens (including phenoxy) is 1. The number of guanidine groups is 1. The summed E-state index contributed by atoms with van der Waals surface area (Å²) in [4.78, 5) is 9.37. The molecule has 158 valence electrons. The molecule has 2 heterocycles. The Kier molecular flexibility index (Phi) is 8.13. The van der Waals surface area contributed by atoms with Gasteiger partial charge in [0.05, 0.1) is 23.9 Å². The van der Waals surface area contributed by atoms with Crippen molar-refractivity contribution in [1.82, 2.24) is 25.0 Å². The van der Waals surface area contributed by atoms with Crippen molar-refractivity contribution >= 4 is 23.2 Å². The highest BCUT2D eigenvalue weighted by Gasteiger charge is 2.21. The molecule has 29 heavy (non-hydrogen) atoms. The number of nitrogens with one attached hydrogen (secondary N) is 1. The molecule has 2 aromatic rings. The molecule has 0 saturated carbocycles. The molecule has 1 aromatic carbocycles. The van der Waals surface area contributed by atoms with Gasteiger partial charge in [0.15, 0.2) is 5.96 Å². The SMILES string of the molecule is CCc1nncn1CCNC(=NCCOC)N1CCN(c2ccccc2Cl)CC1. The first-order valence-electron chi connectivity index (χ1n) is 10.1. The number of methoxy groups -OCH3 is 1. The van der Waals surface area contributed by atoms with E-state index < -0.39 is 0 Å². The summed E-state index contributed by atoms with van der Waals surface area (Å²) >= 11 is 6.37. The number of hydrogen-bond acceptors (Lipinski definition) is 5. The number of hydrogen-bond donors (Lipinski definition) is 1. The van der Waals surface area contributed by atoms with Crippen LogP contribution in [0.2, 0.25) is 5.02 Å². The highest BCUT2D eigenvalue weighted by Crippen LogP contribution is 2.26. The number of aromatic nitrogens is 3. The number of halogens is 1. The predicted octanol–water partition coefficient (Wildman–Crippen LogP) is 1.91. The van der Waals surface area contributed by atoms with Gasteiger partial charge in [-0.15, -0.1) is 10.2 Å². The lowest BCUT2D eigenvalue weighted by molar-refractivity contribution is 0.207. The monoisotopic (exact) mass is 419 g/mol. The van der Waals surface area contributed by atoms with Crippen molar-refractivity contribution in [1.29, 1.82) is 0 Å². The lowest BCUT2D eigenvalue weighted by Crippen LogP contribution is -2.53. The van der Waals surface area contributed by atoms with Crippen molar-refractivity contribution in [3.63, 3.8) is 0 Å². The Labute approximate surface area is 177 Å². The van der Waals surface area contributed by atoms with Crippen molar-refractivity contribution in [2.24, 2.45) is 4.99 Å². The molecule has 1 saturated heterocycles. The van der Waals surface area contributed by atoms with Crippen molar-refractivity contribution in [3.05, 3.63) is 41.4 Å². The number of aryl methyl sites for hydroxylation is 1. The smallest absolute Gasteiger partial charge is 0.194 e. The van der Waals surface area contributed by atoms with E-state index in [4.69, 9.17) is 21.3 Å². The summed E-state index contributed by atoms with van der Waals surface area (Å²) in [6.45, 7) is 8.48. The third-order valence-electron chi connectivity index (χ3n) is 4.98. The molecule has 0 unspecified atom stereocenters. The van der Waals surface area contributed by atoms with E-state index in [1.54, 1.807) is 13.4 Å². The molecule has 0 radical (unpaired) electrons. The van der Waals surface area contributed by atoms with Gasteiger partial charge in [0.25, 0.3) is 0 Å². The Balaban J connectivity index is 1.57. The highest BCUT2D eigenvalue weighted by molar-refractivity contribution is 6.33. The van der Waals surface area contributed by atoms with Gasteiger partial charge in [-0.1, -0.05) is 30.7 Å². The maximum atomic E-state index is 6.37. The number of piperazine rings is 1. The standard InChI is InChI=1S/C20H30ClN7O/c1-3-19-25-24-16-28(19)10-8-22-20(23-9-15-29-2)27-13-11-26(12-14-27)18-7-5-4-6-17(18)21/h4-7,16H,3,8-15H2,1-2H3,(H,22,23). The van der Waals surface area contributed by atoms with Gasteiger partial charge in [0.2, 0.25) is 0 Å². The maximum Gasteiger partial charge on any atom is 0.194 e. The average molecular weight is 420 g/mol. The van der Waals surface area contributed by atoms with Gasteiger partial charge >= 0.3 is 0 Å². The number of rotatable bonds is 8. The van der Waals surface area contributed by atoms with Crippen LogP contribution in [0, 0.1) is 0 Å². The molecule has 1 aromatic heterocycles. The largest absolute Gasteiger partial charge is 0.383 e. The van der Waals surface area contributed by atoms with Gasteiger partial charge in [-0.25, -0.2) is 0 Å². The molecule has 0 atom stereocenters. The van der Waals surface area contributed by atoms with E-state index in [9.17, 15) is 0 Å². The van der Waals surface area contributed by atoms with Crippen LogP contribution in [-0.4, -0.2) is 78.6 Å². The zero-order valence-electron chi connectivity index (χ0n) is 17.2. The van der Waals surface area contributed by atoms with Gasteiger partial charge in [-0.3, -0.25) is 4.99 Å². The van der Waals surface area contributed by atoms with E-state index in [2.05, 4.69) is 42.9 Å². The number of benzene rings is 1. The summed E-state index contributed by atoms with van der Waals surface area (Å²) in [5.41, 5.74) is 1.10. The van der Waals surface area contributed by atoms with Gasteiger partial charge in [-0.05, 0) is 12.1 Å². The summed E-state index contributed by atoms with van der Waals surface area (Å²) in [5.74, 6) is 1.92. The first-order valence-corrected chi connectivity index (χ1v) is 10.5. The Morgan fingerprint density at radius 2 is 2.03 bits per heavy atom. The first kappa shape index (κ1) is 21.4. The van der Waals surface area contributed by atoms with Crippen LogP contribution in [-0.2, 0) is 17.7 Å².